The number of aromatic nitrogens is 1. The van der Waals surface area contributed by atoms with Crippen molar-refractivity contribution in [2.75, 3.05) is 7.11 Å². The predicted molar refractivity (Wildman–Crippen MR) is 85.1 cm³/mol. The van der Waals surface area contributed by atoms with Crippen LogP contribution in [0.25, 0.3) is 0 Å². The minimum atomic E-state index is -0.512. The molecular weight excluding hydrogens is 296 g/mol. The summed E-state index contributed by atoms with van der Waals surface area (Å²) in [6.07, 6.45) is 1.36. The van der Waals surface area contributed by atoms with E-state index in [9.17, 15) is 14.4 Å². The molecular formula is C17H18N2O4. The number of ether oxygens (including phenoxy) is 1. The maximum Gasteiger partial charge on any atom is 0.307 e. The summed E-state index contributed by atoms with van der Waals surface area (Å²) in [5.74, 6) is -0.798. The first-order valence-corrected chi connectivity index (χ1v) is 7.12. The van der Waals surface area contributed by atoms with Crippen LogP contribution in [0.3, 0.4) is 0 Å². The summed E-state index contributed by atoms with van der Waals surface area (Å²) in [4.78, 5) is 37.4. The number of nitrogens with one attached hydrogen (secondary N) is 2. The van der Waals surface area contributed by atoms with Gasteiger partial charge in [0.05, 0.1) is 25.1 Å². The smallest absolute Gasteiger partial charge is 0.307 e. The fraction of sp³-hybridized carbons (Fsp3) is 0.235. The summed E-state index contributed by atoms with van der Waals surface area (Å²) in [6.45, 7) is 1.96. The monoisotopic (exact) mass is 314 g/mol. The number of hydrogen-bond donors (Lipinski definition) is 2. The summed E-state index contributed by atoms with van der Waals surface area (Å²) >= 11 is 0. The molecule has 1 aromatic heterocycles. The minimum Gasteiger partial charge on any atom is -0.469 e. The van der Waals surface area contributed by atoms with Crippen LogP contribution < -0.4 is 10.9 Å². The van der Waals surface area contributed by atoms with E-state index in [2.05, 4.69) is 10.3 Å². The summed E-state index contributed by atoms with van der Waals surface area (Å²) in [7, 11) is 1.30. The molecule has 6 nitrogen and oxygen atoms in total. The number of esters is 1. The Labute approximate surface area is 133 Å². The Hall–Kier alpha value is -2.89. The zero-order chi connectivity index (χ0) is 16.8. The molecule has 0 unspecified atom stereocenters. The van der Waals surface area contributed by atoms with Gasteiger partial charge in [-0.05, 0) is 18.6 Å². The third kappa shape index (κ3) is 4.54. The van der Waals surface area contributed by atoms with Crippen LogP contribution in [0.4, 0.5) is 0 Å². The van der Waals surface area contributed by atoms with Gasteiger partial charge < -0.3 is 15.0 Å². The molecule has 0 radical (unpaired) electrons. The summed E-state index contributed by atoms with van der Waals surface area (Å²) in [5.41, 5.74) is 1.91. The van der Waals surface area contributed by atoms with Crippen LogP contribution in [0, 0.1) is 6.92 Å². The van der Waals surface area contributed by atoms with E-state index < -0.39 is 12.0 Å². The first-order chi connectivity index (χ1) is 11.0. The van der Waals surface area contributed by atoms with E-state index in [1.807, 2.05) is 31.2 Å². The summed E-state index contributed by atoms with van der Waals surface area (Å²) in [5, 5.41) is 2.79. The SMILES string of the molecule is COC(=O)C[C@H](NC(=O)c1ccc(=O)[nH]c1)c1ccc(C)cc1. The highest BCUT2D eigenvalue weighted by Gasteiger charge is 2.19. The average molecular weight is 314 g/mol. The lowest BCUT2D eigenvalue weighted by Gasteiger charge is -2.18. The number of aryl methyl sites for hydroxylation is 1. The molecule has 2 aromatic rings. The second-order valence-corrected chi connectivity index (χ2v) is 5.16. The number of carbonyl (C=O) groups excluding carboxylic acids is 2. The zero-order valence-electron chi connectivity index (χ0n) is 13.0. The van der Waals surface area contributed by atoms with Gasteiger partial charge in [-0.25, -0.2) is 0 Å². The van der Waals surface area contributed by atoms with Gasteiger partial charge in [-0.2, -0.15) is 0 Å². The van der Waals surface area contributed by atoms with Crippen molar-refractivity contribution in [1.82, 2.24) is 10.3 Å². The van der Waals surface area contributed by atoms with E-state index in [-0.39, 0.29) is 17.9 Å². The van der Waals surface area contributed by atoms with Gasteiger partial charge in [-0.3, -0.25) is 14.4 Å². The lowest BCUT2D eigenvalue weighted by atomic mass is 10.0. The third-order valence-corrected chi connectivity index (χ3v) is 3.43. The number of hydrogen-bond acceptors (Lipinski definition) is 4. The first kappa shape index (κ1) is 16.5. The maximum absolute atomic E-state index is 12.3. The molecule has 0 aliphatic carbocycles. The number of amides is 1. The van der Waals surface area contributed by atoms with Crippen LogP contribution in [0.15, 0.2) is 47.4 Å². The van der Waals surface area contributed by atoms with Gasteiger partial charge >= 0.3 is 5.97 Å². The zero-order valence-corrected chi connectivity index (χ0v) is 13.0. The van der Waals surface area contributed by atoms with Gasteiger partial charge in [-0.1, -0.05) is 29.8 Å². The number of pyridine rings is 1. The molecule has 0 spiro atoms. The molecule has 120 valence electrons. The van der Waals surface area contributed by atoms with Gasteiger partial charge in [0.2, 0.25) is 5.56 Å². The lowest BCUT2D eigenvalue weighted by molar-refractivity contribution is -0.141. The highest BCUT2D eigenvalue weighted by Crippen LogP contribution is 2.19. The fourth-order valence-corrected chi connectivity index (χ4v) is 2.09. The van der Waals surface area contributed by atoms with E-state index in [1.165, 1.54) is 25.4 Å². The molecule has 2 rings (SSSR count). The summed E-state index contributed by atoms with van der Waals surface area (Å²) < 4.78 is 4.69. The van der Waals surface area contributed by atoms with Crippen LogP contribution in [0.2, 0.25) is 0 Å². The van der Waals surface area contributed by atoms with Gasteiger partial charge in [0.25, 0.3) is 5.91 Å². The quantitative estimate of drug-likeness (QED) is 0.823. The van der Waals surface area contributed by atoms with Crippen molar-refractivity contribution in [2.45, 2.75) is 19.4 Å². The van der Waals surface area contributed by atoms with Crippen molar-refractivity contribution in [1.29, 1.82) is 0 Å². The Bertz CT molecular complexity index is 729. The van der Waals surface area contributed by atoms with Crippen LogP contribution in [-0.2, 0) is 9.53 Å². The second-order valence-electron chi connectivity index (χ2n) is 5.16. The molecule has 0 fully saturated rings. The van der Waals surface area contributed by atoms with Crippen molar-refractivity contribution < 1.29 is 14.3 Å². The molecule has 1 atom stereocenters. The Morgan fingerprint density at radius 3 is 2.43 bits per heavy atom. The Balaban J connectivity index is 2.21. The van der Waals surface area contributed by atoms with Crippen molar-refractivity contribution in [3.8, 4) is 0 Å². The number of methoxy groups -OCH3 is 1. The van der Waals surface area contributed by atoms with Crippen molar-refractivity contribution in [3.63, 3.8) is 0 Å². The molecule has 0 saturated carbocycles. The number of rotatable bonds is 5. The van der Waals surface area contributed by atoms with E-state index in [4.69, 9.17) is 4.74 Å². The molecule has 6 heteroatoms. The van der Waals surface area contributed by atoms with Crippen molar-refractivity contribution in [3.05, 3.63) is 69.6 Å². The molecule has 1 aromatic carbocycles. The fourth-order valence-electron chi connectivity index (χ4n) is 2.09. The Morgan fingerprint density at radius 1 is 1.17 bits per heavy atom. The molecule has 1 heterocycles. The third-order valence-electron chi connectivity index (χ3n) is 3.43. The highest BCUT2D eigenvalue weighted by molar-refractivity contribution is 5.94. The molecule has 0 saturated heterocycles. The van der Waals surface area contributed by atoms with Crippen LogP contribution >= 0.6 is 0 Å². The van der Waals surface area contributed by atoms with Gasteiger partial charge in [0.1, 0.15) is 0 Å². The summed E-state index contributed by atoms with van der Waals surface area (Å²) in [6, 6.07) is 9.72. The molecule has 0 aliphatic heterocycles. The van der Waals surface area contributed by atoms with Crippen LogP contribution in [0.1, 0.15) is 33.9 Å². The normalized spacial score (nSPS) is 11.6. The van der Waals surface area contributed by atoms with E-state index >= 15 is 0 Å². The molecule has 1 amide bonds. The Morgan fingerprint density at radius 2 is 1.87 bits per heavy atom. The number of benzene rings is 1. The number of H-pyrrole nitrogens is 1. The van der Waals surface area contributed by atoms with Crippen LogP contribution in [0.5, 0.6) is 0 Å². The van der Waals surface area contributed by atoms with E-state index in [0.717, 1.165) is 11.1 Å². The molecule has 23 heavy (non-hydrogen) atoms. The van der Waals surface area contributed by atoms with Gasteiger partial charge in [-0.15, -0.1) is 0 Å². The first-order valence-electron chi connectivity index (χ1n) is 7.12. The van der Waals surface area contributed by atoms with Gasteiger partial charge in [0, 0.05) is 12.3 Å². The predicted octanol–water partition coefficient (Wildman–Crippen LogP) is 1.72. The molecule has 0 bridgehead atoms. The number of aromatic amines is 1. The topological polar surface area (TPSA) is 88.3 Å². The lowest BCUT2D eigenvalue weighted by Crippen LogP contribution is -2.30. The standard InChI is InChI=1S/C17H18N2O4/c1-11-3-5-12(6-4-11)14(9-16(21)23-2)19-17(22)13-7-8-15(20)18-10-13/h3-8,10,14H,9H2,1-2H3,(H,18,20)(H,19,22)/t14-/m0/s1. The van der Waals surface area contributed by atoms with Crippen LogP contribution in [-0.4, -0.2) is 24.0 Å². The minimum absolute atomic E-state index is 0.0225. The van der Waals surface area contributed by atoms with Gasteiger partial charge in [0.15, 0.2) is 0 Å². The molecule has 2 N–H and O–H groups in total. The van der Waals surface area contributed by atoms with E-state index in [0.29, 0.717) is 5.56 Å². The number of carbonyl (C=O) groups is 2. The Kier molecular flexibility index (Phi) is 5.30. The van der Waals surface area contributed by atoms with Crippen molar-refractivity contribution >= 4 is 11.9 Å². The van der Waals surface area contributed by atoms with Crippen molar-refractivity contribution in [2.24, 2.45) is 0 Å². The average Bonchev–Trinajstić information content (AvgIpc) is 2.55. The second kappa shape index (κ2) is 7.40. The molecule has 0 aliphatic rings. The highest BCUT2D eigenvalue weighted by atomic mass is 16.5. The largest absolute Gasteiger partial charge is 0.469 e. The van der Waals surface area contributed by atoms with E-state index in [1.54, 1.807) is 0 Å². The maximum atomic E-state index is 12.3.